The number of methoxy groups -OCH3 is 2. The Balaban J connectivity index is 2.03. The predicted octanol–water partition coefficient (Wildman–Crippen LogP) is 3.80. The van der Waals surface area contributed by atoms with Gasteiger partial charge in [0.25, 0.3) is 0 Å². The van der Waals surface area contributed by atoms with E-state index < -0.39 is 0 Å². The molecular weight excluding hydrogens is 320 g/mol. The summed E-state index contributed by atoms with van der Waals surface area (Å²) in [4.78, 5) is 0. The van der Waals surface area contributed by atoms with E-state index in [2.05, 4.69) is 5.16 Å². The smallest absolute Gasteiger partial charge is 0.123 e. The number of hydrogen-bond acceptors (Lipinski definition) is 6. The number of nitrogens with zero attached hydrogens (tertiary/aromatic N) is 2. The average molecular weight is 342 g/mol. The van der Waals surface area contributed by atoms with Crippen LogP contribution >= 0.6 is 0 Å². The molecule has 0 aliphatic carbocycles. The predicted molar refractivity (Wildman–Crippen MR) is 93.6 cm³/mol. The Kier molecular flexibility index (Phi) is 5.21. The third kappa shape index (κ3) is 3.31. The van der Waals surface area contributed by atoms with Crippen LogP contribution in [0.4, 0.5) is 0 Å². The second kappa shape index (κ2) is 7.55. The van der Waals surface area contributed by atoms with Crippen molar-refractivity contribution in [3.8, 4) is 11.5 Å². The van der Waals surface area contributed by atoms with E-state index in [0.29, 0.717) is 30.1 Å². The van der Waals surface area contributed by atoms with E-state index in [9.17, 15) is 10.4 Å². The summed E-state index contributed by atoms with van der Waals surface area (Å²) in [6, 6.07) is 14.3. The fourth-order valence-electron chi connectivity index (χ4n) is 3.40. The molecule has 1 fully saturated rings. The lowest BCUT2D eigenvalue weighted by Gasteiger charge is -2.39. The maximum Gasteiger partial charge on any atom is 0.123 e. The first-order valence-electron chi connectivity index (χ1n) is 8.12. The molecule has 25 heavy (non-hydrogen) atoms. The molecule has 0 radical (unpaired) electrons. The highest BCUT2D eigenvalue weighted by atomic mass is 16.5. The highest BCUT2D eigenvalue weighted by molar-refractivity contribution is 5.86. The molecule has 0 bridgehead atoms. The fourth-order valence-corrected chi connectivity index (χ4v) is 3.40. The second-order valence-corrected chi connectivity index (χ2v) is 5.97. The van der Waals surface area contributed by atoms with Gasteiger partial charge in [0.2, 0.25) is 0 Å². The minimum atomic E-state index is -0.384. The molecule has 2 aromatic carbocycles. The van der Waals surface area contributed by atoms with Gasteiger partial charge in [0.1, 0.15) is 11.5 Å². The number of para-hydroxylation sites is 2. The van der Waals surface area contributed by atoms with Gasteiger partial charge in [-0.25, -0.2) is 0 Å². The number of piperidine rings is 1. The zero-order valence-electron chi connectivity index (χ0n) is 14.3. The molecule has 6 heteroatoms. The van der Waals surface area contributed by atoms with Gasteiger partial charge in [-0.2, -0.15) is 5.06 Å². The molecule has 0 saturated carbocycles. The molecule has 2 aromatic rings. The van der Waals surface area contributed by atoms with Crippen LogP contribution in [0.25, 0.3) is 0 Å². The molecule has 0 unspecified atom stereocenters. The molecule has 3 rings (SSSR count). The normalized spacial score (nSPS) is 21.0. The van der Waals surface area contributed by atoms with Gasteiger partial charge >= 0.3 is 0 Å². The van der Waals surface area contributed by atoms with Gasteiger partial charge in [0.15, 0.2) is 0 Å². The maximum atomic E-state index is 11.0. The van der Waals surface area contributed by atoms with Crippen LogP contribution in [0.3, 0.4) is 0 Å². The minimum Gasteiger partial charge on any atom is -0.496 e. The summed E-state index contributed by atoms with van der Waals surface area (Å²) < 4.78 is 10.9. The molecule has 2 atom stereocenters. The lowest BCUT2D eigenvalue weighted by Crippen LogP contribution is -2.38. The first-order chi connectivity index (χ1) is 12.2. The van der Waals surface area contributed by atoms with Crippen molar-refractivity contribution in [3.63, 3.8) is 0 Å². The van der Waals surface area contributed by atoms with E-state index >= 15 is 0 Å². The first kappa shape index (κ1) is 17.3. The second-order valence-electron chi connectivity index (χ2n) is 5.97. The molecule has 0 amide bonds. The van der Waals surface area contributed by atoms with E-state index in [1.165, 1.54) is 5.06 Å². The number of hydrogen-bond donors (Lipinski definition) is 2. The van der Waals surface area contributed by atoms with Crippen LogP contribution < -0.4 is 9.47 Å². The van der Waals surface area contributed by atoms with Gasteiger partial charge in [-0.05, 0) is 12.1 Å². The Labute approximate surface area is 146 Å². The van der Waals surface area contributed by atoms with Crippen molar-refractivity contribution >= 4 is 5.71 Å². The molecule has 6 nitrogen and oxygen atoms in total. The summed E-state index contributed by atoms with van der Waals surface area (Å²) in [5.41, 5.74) is 2.30. The van der Waals surface area contributed by atoms with Crippen molar-refractivity contribution < 1.29 is 19.9 Å². The molecule has 1 heterocycles. The largest absolute Gasteiger partial charge is 0.496 e. The zero-order valence-corrected chi connectivity index (χ0v) is 14.3. The van der Waals surface area contributed by atoms with Crippen LogP contribution in [0.2, 0.25) is 0 Å². The van der Waals surface area contributed by atoms with Crippen LogP contribution in [0.15, 0.2) is 53.7 Å². The van der Waals surface area contributed by atoms with E-state index in [1.807, 2.05) is 48.5 Å². The van der Waals surface area contributed by atoms with Crippen LogP contribution in [0.1, 0.15) is 36.1 Å². The Morgan fingerprint density at radius 1 is 0.880 bits per heavy atom. The summed E-state index contributed by atoms with van der Waals surface area (Å²) in [5.74, 6) is 1.37. The number of oxime groups is 1. The SMILES string of the molecule is COc1ccccc1[C@@H]1CC(=NO)C[C@@H](c2ccccc2OC)N1O. The monoisotopic (exact) mass is 342 g/mol. The van der Waals surface area contributed by atoms with E-state index in [1.54, 1.807) is 14.2 Å². The van der Waals surface area contributed by atoms with Gasteiger partial charge < -0.3 is 19.9 Å². The summed E-state index contributed by atoms with van der Waals surface area (Å²) >= 11 is 0. The van der Waals surface area contributed by atoms with Crippen molar-refractivity contribution in [2.75, 3.05) is 14.2 Å². The summed E-state index contributed by atoms with van der Waals surface area (Å²) in [7, 11) is 3.20. The Morgan fingerprint density at radius 3 is 1.72 bits per heavy atom. The van der Waals surface area contributed by atoms with Crippen molar-refractivity contribution in [2.45, 2.75) is 24.9 Å². The highest BCUT2D eigenvalue weighted by Gasteiger charge is 2.37. The number of rotatable bonds is 4. The third-order valence-corrected chi connectivity index (χ3v) is 4.63. The lowest BCUT2D eigenvalue weighted by molar-refractivity contribution is -0.168. The number of ether oxygens (including phenoxy) is 2. The highest BCUT2D eigenvalue weighted by Crippen LogP contribution is 2.43. The molecule has 0 spiro atoms. The van der Waals surface area contributed by atoms with Gasteiger partial charge in [0, 0.05) is 24.0 Å². The molecule has 1 saturated heterocycles. The first-order valence-corrected chi connectivity index (χ1v) is 8.12. The van der Waals surface area contributed by atoms with E-state index in [-0.39, 0.29) is 12.1 Å². The zero-order chi connectivity index (χ0) is 17.8. The van der Waals surface area contributed by atoms with Crippen LogP contribution in [-0.4, -0.2) is 35.4 Å². The number of benzene rings is 2. The van der Waals surface area contributed by atoms with Gasteiger partial charge in [-0.15, -0.1) is 0 Å². The fraction of sp³-hybridized carbons (Fsp3) is 0.316. The third-order valence-electron chi connectivity index (χ3n) is 4.63. The Morgan fingerprint density at radius 2 is 1.32 bits per heavy atom. The van der Waals surface area contributed by atoms with Crippen LogP contribution in [-0.2, 0) is 0 Å². The Bertz CT molecular complexity index is 703. The van der Waals surface area contributed by atoms with Crippen molar-refractivity contribution in [1.82, 2.24) is 5.06 Å². The quantitative estimate of drug-likeness (QED) is 0.653. The summed E-state index contributed by atoms with van der Waals surface area (Å²) in [5, 5.41) is 25.1. The maximum absolute atomic E-state index is 11.0. The van der Waals surface area contributed by atoms with E-state index in [4.69, 9.17) is 9.47 Å². The Hall–Kier alpha value is -2.57. The van der Waals surface area contributed by atoms with Crippen molar-refractivity contribution in [3.05, 3.63) is 59.7 Å². The standard InChI is InChI=1S/C19H22N2O4/c1-24-18-9-5-3-7-14(18)16-11-13(20-22)12-17(21(16)23)15-8-4-6-10-19(15)25-2/h3-10,16-17,22-23H,11-12H2,1-2H3/t16-,17-/m0/s1. The molecular formula is C19H22N2O4. The molecule has 1 aliphatic heterocycles. The van der Waals surface area contributed by atoms with Crippen LogP contribution in [0, 0.1) is 0 Å². The molecule has 0 aromatic heterocycles. The number of hydroxylamine groups is 2. The summed E-state index contributed by atoms with van der Waals surface area (Å²) in [6.45, 7) is 0. The topological polar surface area (TPSA) is 74.5 Å². The molecule has 132 valence electrons. The molecule has 2 N–H and O–H groups in total. The van der Waals surface area contributed by atoms with Gasteiger partial charge in [-0.3, -0.25) is 0 Å². The van der Waals surface area contributed by atoms with Crippen LogP contribution in [0.5, 0.6) is 11.5 Å². The molecule has 1 aliphatic rings. The van der Waals surface area contributed by atoms with Gasteiger partial charge in [-0.1, -0.05) is 41.6 Å². The summed E-state index contributed by atoms with van der Waals surface area (Å²) in [6.07, 6.45) is 0.831. The minimum absolute atomic E-state index is 0.384. The van der Waals surface area contributed by atoms with Crippen molar-refractivity contribution in [2.24, 2.45) is 5.16 Å². The van der Waals surface area contributed by atoms with Gasteiger partial charge in [0.05, 0.1) is 32.0 Å². The van der Waals surface area contributed by atoms with Crippen molar-refractivity contribution in [1.29, 1.82) is 0 Å². The lowest BCUT2D eigenvalue weighted by atomic mass is 9.87. The average Bonchev–Trinajstić information content (AvgIpc) is 2.68. The van der Waals surface area contributed by atoms with E-state index in [0.717, 1.165) is 11.1 Å².